The van der Waals surface area contributed by atoms with E-state index in [1.807, 2.05) is 25.1 Å². The third kappa shape index (κ3) is 5.75. The SMILES string of the molecule is Cc1cccc(-c2nccc(Nc3ccnc(Nc4ccc(N5CCN(C(C)C)CC5)cc4)n3)n2)n1. The molecule has 9 heteroatoms. The first-order chi connectivity index (χ1) is 17.5. The lowest BCUT2D eigenvalue weighted by molar-refractivity contribution is 0.209. The zero-order valence-electron chi connectivity index (χ0n) is 20.9. The highest BCUT2D eigenvalue weighted by Gasteiger charge is 2.18. The standard InChI is InChI=1S/C27H31N9/c1-19(2)35-15-17-36(18-16-35)22-9-7-21(8-10-22)31-27-29-14-12-25(34-27)32-24-11-13-28-26(33-24)23-6-4-5-20(3)30-23/h4-14,19H,15-18H2,1-3H3,(H2,28,29,31,32,33,34). The fraction of sp³-hybridized carbons (Fsp3) is 0.296. The molecule has 2 N–H and O–H groups in total. The minimum absolute atomic E-state index is 0.507. The van der Waals surface area contributed by atoms with Gasteiger partial charge in [0.25, 0.3) is 0 Å². The van der Waals surface area contributed by atoms with Crippen LogP contribution in [0.1, 0.15) is 19.5 Å². The van der Waals surface area contributed by atoms with Crippen LogP contribution < -0.4 is 15.5 Å². The second-order valence-electron chi connectivity index (χ2n) is 9.11. The Morgan fingerprint density at radius 2 is 1.47 bits per heavy atom. The number of pyridine rings is 1. The molecule has 184 valence electrons. The molecule has 1 fully saturated rings. The molecule has 0 amide bonds. The van der Waals surface area contributed by atoms with Crippen molar-refractivity contribution < 1.29 is 0 Å². The van der Waals surface area contributed by atoms with Crippen LogP contribution in [-0.2, 0) is 0 Å². The van der Waals surface area contributed by atoms with E-state index >= 15 is 0 Å². The lowest BCUT2D eigenvalue weighted by atomic mass is 10.2. The minimum atomic E-state index is 0.507. The van der Waals surface area contributed by atoms with Crippen molar-refractivity contribution in [3.63, 3.8) is 0 Å². The average molecular weight is 482 g/mol. The molecule has 0 radical (unpaired) electrons. The Kier molecular flexibility index (Phi) is 6.99. The fourth-order valence-corrected chi connectivity index (χ4v) is 4.22. The number of anilines is 5. The Balaban J connectivity index is 1.23. The van der Waals surface area contributed by atoms with Gasteiger partial charge in [-0.25, -0.2) is 19.9 Å². The summed E-state index contributed by atoms with van der Waals surface area (Å²) in [5.74, 6) is 2.33. The smallest absolute Gasteiger partial charge is 0.229 e. The molecule has 0 bridgehead atoms. The van der Waals surface area contributed by atoms with Crippen molar-refractivity contribution in [2.75, 3.05) is 41.7 Å². The average Bonchev–Trinajstić information content (AvgIpc) is 2.90. The minimum Gasteiger partial charge on any atom is -0.369 e. The van der Waals surface area contributed by atoms with Crippen LogP contribution in [0.15, 0.2) is 67.0 Å². The summed E-state index contributed by atoms with van der Waals surface area (Å²) in [5, 5.41) is 6.53. The predicted octanol–water partition coefficient (Wildman–Crippen LogP) is 4.65. The molecule has 0 spiro atoms. The number of benzene rings is 1. The first-order valence-corrected chi connectivity index (χ1v) is 12.3. The number of aryl methyl sites for hydroxylation is 1. The van der Waals surface area contributed by atoms with Gasteiger partial charge >= 0.3 is 0 Å². The molecule has 5 rings (SSSR count). The molecule has 36 heavy (non-hydrogen) atoms. The van der Waals surface area contributed by atoms with Crippen LogP contribution in [0.25, 0.3) is 11.5 Å². The number of aromatic nitrogens is 5. The molecule has 1 aliphatic rings. The number of hydrogen-bond donors (Lipinski definition) is 2. The van der Waals surface area contributed by atoms with E-state index in [9.17, 15) is 0 Å². The second kappa shape index (κ2) is 10.7. The normalized spacial score (nSPS) is 14.2. The van der Waals surface area contributed by atoms with Gasteiger partial charge in [-0.2, -0.15) is 4.98 Å². The maximum atomic E-state index is 4.59. The number of hydrogen-bond acceptors (Lipinski definition) is 9. The highest BCUT2D eigenvalue weighted by atomic mass is 15.3. The van der Waals surface area contributed by atoms with Gasteiger partial charge in [-0.3, -0.25) is 4.90 Å². The predicted molar refractivity (Wildman–Crippen MR) is 144 cm³/mol. The van der Waals surface area contributed by atoms with Crippen molar-refractivity contribution >= 4 is 29.0 Å². The highest BCUT2D eigenvalue weighted by molar-refractivity contribution is 5.61. The zero-order valence-corrected chi connectivity index (χ0v) is 20.9. The van der Waals surface area contributed by atoms with E-state index in [4.69, 9.17) is 0 Å². The summed E-state index contributed by atoms with van der Waals surface area (Å²) in [6.07, 6.45) is 3.42. The molecule has 0 saturated carbocycles. The Bertz CT molecular complexity index is 1300. The van der Waals surface area contributed by atoms with Gasteiger partial charge in [-0.15, -0.1) is 0 Å². The lowest BCUT2D eigenvalue weighted by Crippen LogP contribution is -2.48. The third-order valence-corrected chi connectivity index (χ3v) is 6.22. The third-order valence-electron chi connectivity index (χ3n) is 6.22. The summed E-state index contributed by atoms with van der Waals surface area (Å²) in [5.41, 5.74) is 3.83. The van der Waals surface area contributed by atoms with E-state index in [-0.39, 0.29) is 0 Å². The summed E-state index contributed by atoms with van der Waals surface area (Å²) in [6.45, 7) is 10.8. The number of piperazine rings is 1. The van der Waals surface area contributed by atoms with E-state index in [0.717, 1.165) is 43.3 Å². The van der Waals surface area contributed by atoms with Gasteiger partial charge in [0.05, 0.1) is 0 Å². The van der Waals surface area contributed by atoms with Crippen LogP contribution >= 0.6 is 0 Å². The van der Waals surface area contributed by atoms with Crippen molar-refractivity contribution in [2.24, 2.45) is 0 Å². The molecular weight excluding hydrogens is 450 g/mol. The largest absolute Gasteiger partial charge is 0.369 e. The second-order valence-corrected chi connectivity index (χ2v) is 9.11. The Morgan fingerprint density at radius 1 is 0.750 bits per heavy atom. The van der Waals surface area contributed by atoms with Crippen LogP contribution in [0.5, 0.6) is 0 Å². The van der Waals surface area contributed by atoms with Gasteiger partial charge < -0.3 is 15.5 Å². The van der Waals surface area contributed by atoms with Crippen molar-refractivity contribution in [1.82, 2.24) is 29.8 Å². The van der Waals surface area contributed by atoms with E-state index in [1.54, 1.807) is 24.5 Å². The lowest BCUT2D eigenvalue weighted by Gasteiger charge is -2.38. The molecular formula is C27H31N9. The van der Waals surface area contributed by atoms with E-state index < -0.39 is 0 Å². The Morgan fingerprint density at radius 3 is 2.19 bits per heavy atom. The highest BCUT2D eigenvalue weighted by Crippen LogP contribution is 2.23. The molecule has 0 unspecified atom stereocenters. The summed E-state index contributed by atoms with van der Waals surface area (Å²) >= 11 is 0. The van der Waals surface area contributed by atoms with Crippen LogP contribution in [0.3, 0.4) is 0 Å². The van der Waals surface area contributed by atoms with Crippen LogP contribution in [0, 0.1) is 6.92 Å². The monoisotopic (exact) mass is 481 g/mol. The summed E-state index contributed by atoms with van der Waals surface area (Å²) in [4.78, 5) is 27.4. The van der Waals surface area contributed by atoms with Crippen molar-refractivity contribution in [3.05, 3.63) is 72.7 Å². The Labute approximate surface area is 211 Å². The topological polar surface area (TPSA) is 95.0 Å². The van der Waals surface area contributed by atoms with Gasteiger partial charge in [0.1, 0.15) is 17.3 Å². The molecule has 0 aliphatic carbocycles. The van der Waals surface area contributed by atoms with E-state index in [1.165, 1.54) is 5.69 Å². The molecule has 4 aromatic rings. The van der Waals surface area contributed by atoms with Crippen LogP contribution in [-0.4, -0.2) is 62.0 Å². The fourth-order valence-electron chi connectivity index (χ4n) is 4.22. The molecule has 1 aliphatic heterocycles. The summed E-state index contributed by atoms with van der Waals surface area (Å²) < 4.78 is 0. The number of rotatable bonds is 7. The maximum Gasteiger partial charge on any atom is 0.229 e. The summed E-state index contributed by atoms with van der Waals surface area (Å²) in [6, 6.07) is 18.4. The van der Waals surface area contributed by atoms with Crippen molar-refractivity contribution in [2.45, 2.75) is 26.8 Å². The molecule has 1 saturated heterocycles. The quantitative estimate of drug-likeness (QED) is 0.391. The van der Waals surface area contributed by atoms with Gasteiger partial charge in [-0.05, 0) is 69.3 Å². The summed E-state index contributed by atoms with van der Waals surface area (Å²) in [7, 11) is 0. The van der Waals surface area contributed by atoms with Gasteiger partial charge in [0, 0.05) is 61.7 Å². The Hall–Kier alpha value is -4.11. The van der Waals surface area contributed by atoms with Gasteiger partial charge in [0.15, 0.2) is 5.82 Å². The molecule has 1 aromatic carbocycles. The van der Waals surface area contributed by atoms with Crippen molar-refractivity contribution in [3.8, 4) is 11.5 Å². The maximum absolute atomic E-state index is 4.59. The van der Waals surface area contributed by atoms with E-state index in [0.29, 0.717) is 29.5 Å². The number of nitrogens with zero attached hydrogens (tertiary/aromatic N) is 7. The van der Waals surface area contributed by atoms with Crippen LogP contribution in [0.2, 0.25) is 0 Å². The van der Waals surface area contributed by atoms with Crippen LogP contribution in [0.4, 0.5) is 29.0 Å². The molecule has 4 heterocycles. The van der Waals surface area contributed by atoms with Crippen molar-refractivity contribution in [1.29, 1.82) is 0 Å². The van der Waals surface area contributed by atoms with Gasteiger partial charge in [0.2, 0.25) is 5.95 Å². The zero-order chi connectivity index (χ0) is 24.9. The molecule has 9 nitrogen and oxygen atoms in total. The van der Waals surface area contributed by atoms with Gasteiger partial charge in [-0.1, -0.05) is 6.07 Å². The first kappa shape index (κ1) is 23.6. The molecule has 0 atom stereocenters. The molecule has 3 aromatic heterocycles. The van der Waals surface area contributed by atoms with E-state index in [2.05, 4.69) is 83.5 Å². The number of nitrogens with one attached hydrogen (secondary N) is 2. The first-order valence-electron chi connectivity index (χ1n) is 12.3.